The summed E-state index contributed by atoms with van der Waals surface area (Å²) in [5.41, 5.74) is 2.91. The molecule has 2 fully saturated rings. The van der Waals surface area contributed by atoms with Crippen molar-refractivity contribution in [3.63, 3.8) is 0 Å². The molecule has 0 radical (unpaired) electrons. The zero-order valence-corrected chi connectivity index (χ0v) is 19.8. The molecule has 8 heteroatoms. The van der Waals surface area contributed by atoms with Crippen molar-refractivity contribution in [3.05, 3.63) is 45.9 Å². The van der Waals surface area contributed by atoms with Crippen LogP contribution in [0.25, 0.3) is 10.2 Å². The number of nitrogens with zero attached hydrogens (tertiary/aromatic N) is 4. The fraction of sp³-hybridized carbons (Fsp3) is 0.500. The molecule has 1 aliphatic heterocycles. The second kappa shape index (κ2) is 8.41. The molecule has 1 amide bonds. The van der Waals surface area contributed by atoms with E-state index in [0.29, 0.717) is 17.3 Å². The maximum Gasteiger partial charge on any atom is 0.261 e. The third kappa shape index (κ3) is 4.21. The van der Waals surface area contributed by atoms with E-state index in [0.717, 1.165) is 51.8 Å². The Kier molecular flexibility index (Phi) is 5.59. The minimum Gasteiger partial charge on any atom is -0.372 e. The lowest BCUT2D eigenvalue weighted by Crippen LogP contribution is -2.45. The molecule has 2 unspecified atom stereocenters. The van der Waals surface area contributed by atoms with E-state index in [1.807, 2.05) is 32.2 Å². The van der Waals surface area contributed by atoms with Crippen LogP contribution in [-0.4, -0.2) is 46.2 Å². The van der Waals surface area contributed by atoms with Gasteiger partial charge in [0.2, 0.25) is 0 Å². The Hall–Kier alpha value is -2.58. The van der Waals surface area contributed by atoms with Crippen molar-refractivity contribution < 1.29 is 9.53 Å². The number of ether oxygens (including phenoxy) is 1. The molecule has 3 aromatic rings. The minimum atomic E-state index is -0.0715. The molecule has 2 atom stereocenters. The van der Waals surface area contributed by atoms with Gasteiger partial charge in [-0.25, -0.2) is 15.0 Å². The van der Waals surface area contributed by atoms with Crippen LogP contribution in [0.2, 0.25) is 0 Å². The average molecular weight is 452 g/mol. The number of hydrogen-bond donors (Lipinski definition) is 1. The van der Waals surface area contributed by atoms with Gasteiger partial charge in [-0.2, -0.15) is 0 Å². The van der Waals surface area contributed by atoms with Crippen molar-refractivity contribution in [2.45, 2.75) is 65.2 Å². The summed E-state index contributed by atoms with van der Waals surface area (Å²) < 4.78 is 5.80. The zero-order chi connectivity index (χ0) is 22.4. The molecule has 32 heavy (non-hydrogen) atoms. The van der Waals surface area contributed by atoms with Crippen LogP contribution in [0.5, 0.6) is 0 Å². The maximum atomic E-state index is 12.9. The fourth-order valence-electron chi connectivity index (χ4n) is 4.44. The molecule has 1 saturated heterocycles. The van der Waals surface area contributed by atoms with Gasteiger partial charge >= 0.3 is 0 Å². The summed E-state index contributed by atoms with van der Waals surface area (Å²) in [6.07, 6.45) is 4.56. The summed E-state index contributed by atoms with van der Waals surface area (Å²) in [6, 6.07) is 4.05. The highest BCUT2D eigenvalue weighted by Crippen LogP contribution is 2.40. The van der Waals surface area contributed by atoms with E-state index in [4.69, 9.17) is 14.7 Å². The predicted molar refractivity (Wildman–Crippen MR) is 126 cm³/mol. The first kappa shape index (κ1) is 21.3. The standard InChI is InChI=1S/C24H29N5O2S/c1-13-11-29(12-14(2)31-13)19-8-5-17(9-25-19)10-26-23(30)21-15(3)20-16(4)27-22(18-6-7-18)28-24(20)32-21/h5,8-9,13-14,18H,6-7,10-12H2,1-4H3,(H,26,30). The lowest BCUT2D eigenvalue weighted by atomic mass is 10.1. The summed E-state index contributed by atoms with van der Waals surface area (Å²) in [5, 5.41) is 4.07. The van der Waals surface area contributed by atoms with Gasteiger partial charge in [-0.15, -0.1) is 11.3 Å². The number of aromatic nitrogens is 3. The Morgan fingerprint density at radius 1 is 1.19 bits per heavy atom. The summed E-state index contributed by atoms with van der Waals surface area (Å²) >= 11 is 1.46. The normalized spacial score (nSPS) is 21.2. The van der Waals surface area contributed by atoms with E-state index in [1.54, 1.807) is 0 Å². The third-order valence-corrected chi connectivity index (χ3v) is 7.33. The topological polar surface area (TPSA) is 80.2 Å². The van der Waals surface area contributed by atoms with E-state index in [9.17, 15) is 4.79 Å². The molecule has 0 aromatic carbocycles. The first-order valence-electron chi connectivity index (χ1n) is 11.3. The summed E-state index contributed by atoms with van der Waals surface area (Å²) in [7, 11) is 0. The summed E-state index contributed by atoms with van der Waals surface area (Å²) in [5.74, 6) is 2.30. The smallest absolute Gasteiger partial charge is 0.261 e. The second-order valence-electron chi connectivity index (χ2n) is 9.05. The molecular weight excluding hydrogens is 422 g/mol. The SMILES string of the molecule is Cc1nc(C2CC2)nc2sc(C(=O)NCc3ccc(N4CC(C)OC(C)C4)nc3)c(C)c12. The fourth-order valence-corrected chi connectivity index (χ4v) is 5.59. The Morgan fingerprint density at radius 3 is 2.59 bits per heavy atom. The second-order valence-corrected chi connectivity index (χ2v) is 10.0. The van der Waals surface area contributed by atoms with Gasteiger partial charge in [0.25, 0.3) is 5.91 Å². The summed E-state index contributed by atoms with van der Waals surface area (Å²) in [6.45, 7) is 10.3. The van der Waals surface area contributed by atoms with Gasteiger partial charge in [0.15, 0.2) is 0 Å². The number of nitrogens with one attached hydrogen (secondary N) is 1. The number of fused-ring (bicyclic) bond motifs is 1. The van der Waals surface area contributed by atoms with Crippen LogP contribution in [0.4, 0.5) is 5.82 Å². The number of aryl methyl sites for hydroxylation is 2. The molecule has 5 rings (SSSR count). The van der Waals surface area contributed by atoms with Gasteiger partial charge in [-0.3, -0.25) is 4.79 Å². The van der Waals surface area contributed by atoms with Crippen LogP contribution in [-0.2, 0) is 11.3 Å². The molecule has 168 valence electrons. The number of pyridine rings is 1. The molecule has 3 aromatic heterocycles. The average Bonchev–Trinajstić information content (AvgIpc) is 3.55. The van der Waals surface area contributed by atoms with Crippen molar-refractivity contribution in [3.8, 4) is 0 Å². The molecule has 0 bridgehead atoms. The molecule has 2 aliphatic rings. The lowest BCUT2D eigenvalue weighted by molar-refractivity contribution is -0.00546. The minimum absolute atomic E-state index is 0.0715. The van der Waals surface area contributed by atoms with Crippen LogP contribution in [0.1, 0.15) is 64.9 Å². The van der Waals surface area contributed by atoms with E-state index < -0.39 is 0 Å². The largest absolute Gasteiger partial charge is 0.372 e. The quantitative estimate of drug-likeness (QED) is 0.628. The van der Waals surface area contributed by atoms with Crippen molar-refractivity contribution in [2.75, 3.05) is 18.0 Å². The van der Waals surface area contributed by atoms with Crippen molar-refractivity contribution >= 4 is 33.3 Å². The van der Waals surface area contributed by atoms with Crippen LogP contribution >= 0.6 is 11.3 Å². The highest BCUT2D eigenvalue weighted by molar-refractivity contribution is 7.20. The molecule has 4 heterocycles. The molecule has 1 aliphatic carbocycles. The van der Waals surface area contributed by atoms with Crippen LogP contribution in [0.15, 0.2) is 18.3 Å². The van der Waals surface area contributed by atoms with Gasteiger partial charge in [0, 0.05) is 37.1 Å². The third-order valence-electron chi connectivity index (χ3n) is 6.14. The number of morpholine rings is 1. The maximum absolute atomic E-state index is 12.9. The van der Waals surface area contributed by atoms with Crippen molar-refractivity contribution in [2.24, 2.45) is 0 Å². The number of rotatable bonds is 5. The summed E-state index contributed by atoms with van der Waals surface area (Å²) in [4.78, 5) is 30.9. The number of carbonyl (C=O) groups excluding carboxylic acids is 1. The van der Waals surface area contributed by atoms with Crippen molar-refractivity contribution in [1.29, 1.82) is 0 Å². The molecule has 1 N–H and O–H groups in total. The molecule has 1 saturated carbocycles. The molecule has 7 nitrogen and oxygen atoms in total. The predicted octanol–water partition coefficient (Wildman–Crippen LogP) is 4.12. The molecular formula is C24H29N5O2S. The molecule has 0 spiro atoms. The number of amides is 1. The number of carbonyl (C=O) groups is 1. The Bertz CT molecular complexity index is 1150. The van der Waals surface area contributed by atoms with Gasteiger partial charge in [0.1, 0.15) is 16.5 Å². The van der Waals surface area contributed by atoms with Gasteiger partial charge in [0.05, 0.1) is 22.8 Å². The van der Waals surface area contributed by atoms with E-state index in [-0.39, 0.29) is 18.1 Å². The van der Waals surface area contributed by atoms with Crippen LogP contribution in [0, 0.1) is 13.8 Å². The van der Waals surface area contributed by atoms with E-state index >= 15 is 0 Å². The Balaban J connectivity index is 1.27. The highest BCUT2D eigenvalue weighted by atomic mass is 32.1. The van der Waals surface area contributed by atoms with Gasteiger partial charge in [-0.05, 0) is 57.7 Å². The first-order valence-corrected chi connectivity index (χ1v) is 12.1. The zero-order valence-electron chi connectivity index (χ0n) is 19.0. The van der Waals surface area contributed by atoms with Crippen LogP contribution < -0.4 is 10.2 Å². The van der Waals surface area contributed by atoms with E-state index in [1.165, 1.54) is 24.2 Å². The number of hydrogen-bond acceptors (Lipinski definition) is 7. The van der Waals surface area contributed by atoms with Gasteiger partial charge in [-0.1, -0.05) is 6.07 Å². The first-order chi connectivity index (χ1) is 15.4. The Morgan fingerprint density at radius 2 is 1.94 bits per heavy atom. The number of anilines is 1. The number of thiophene rings is 1. The van der Waals surface area contributed by atoms with Gasteiger partial charge < -0.3 is 15.0 Å². The Labute approximate surface area is 192 Å². The van der Waals surface area contributed by atoms with Crippen molar-refractivity contribution in [1.82, 2.24) is 20.3 Å². The van der Waals surface area contributed by atoms with E-state index in [2.05, 4.69) is 29.0 Å². The highest BCUT2D eigenvalue weighted by Gasteiger charge is 2.28. The van der Waals surface area contributed by atoms with Crippen LogP contribution in [0.3, 0.4) is 0 Å². The monoisotopic (exact) mass is 451 g/mol. The lowest BCUT2D eigenvalue weighted by Gasteiger charge is -2.36.